The Morgan fingerprint density at radius 3 is 2.44 bits per heavy atom. The van der Waals surface area contributed by atoms with E-state index in [-0.39, 0.29) is 11.3 Å². The van der Waals surface area contributed by atoms with Crippen molar-refractivity contribution in [1.82, 2.24) is 0 Å². The highest BCUT2D eigenvalue weighted by Gasteiger charge is 2.22. The van der Waals surface area contributed by atoms with Gasteiger partial charge in [0.25, 0.3) is 5.91 Å². The topological polar surface area (TPSA) is 64.6 Å². The van der Waals surface area contributed by atoms with Gasteiger partial charge in [0, 0.05) is 11.8 Å². The van der Waals surface area contributed by atoms with Gasteiger partial charge in [-0.3, -0.25) is 4.79 Å². The molecule has 0 saturated heterocycles. The maximum atomic E-state index is 13.9. The first-order valence-corrected chi connectivity index (χ1v) is 7.74. The molecule has 0 aliphatic carbocycles. The number of esters is 1. The second-order valence-corrected chi connectivity index (χ2v) is 5.70. The molecular weight excluding hydrogens is 325 g/mol. The summed E-state index contributed by atoms with van der Waals surface area (Å²) in [6, 6.07) is 9.35. The SMILES string of the molecule is COc1ccc(C(=O)O[C@@H](C)C(=O)Nc2ccc(C)cc2C)c(F)c1. The van der Waals surface area contributed by atoms with Crippen LogP contribution in [0.2, 0.25) is 0 Å². The summed E-state index contributed by atoms with van der Waals surface area (Å²) in [6.07, 6.45) is -1.07. The highest BCUT2D eigenvalue weighted by Crippen LogP contribution is 2.19. The zero-order chi connectivity index (χ0) is 18.6. The lowest BCUT2D eigenvalue weighted by Crippen LogP contribution is -2.30. The zero-order valence-corrected chi connectivity index (χ0v) is 14.6. The van der Waals surface area contributed by atoms with E-state index in [1.54, 1.807) is 6.07 Å². The fourth-order valence-corrected chi connectivity index (χ4v) is 2.25. The lowest BCUT2D eigenvalue weighted by molar-refractivity contribution is -0.123. The minimum absolute atomic E-state index is 0.257. The summed E-state index contributed by atoms with van der Waals surface area (Å²) in [5.41, 5.74) is 2.35. The number of methoxy groups -OCH3 is 1. The van der Waals surface area contributed by atoms with Crippen molar-refractivity contribution in [3.8, 4) is 5.75 Å². The Bertz CT molecular complexity index is 804. The Balaban J connectivity index is 2.04. The van der Waals surface area contributed by atoms with Crippen LogP contribution in [-0.4, -0.2) is 25.1 Å². The van der Waals surface area contributed by atoms with E-state index in [0.29, 0.717) is 5.69 Å². The van der Waals surface area contributed by atoms with Crippen LogP contribution >= 0.6 is 0 Å². The van der Waals surface area contributed by atoms with Crippen LogP contribution in [0.15, 0.2) is 36.4 Å². The van der Waals surface area contributed by atoms with Crippen molar-refractivity contribution >= 4 is 17.6 Å². The van der Waals surface area contributed by atoms with Gasteiger partial charge in [0.1, 0.15) is 11.6 Å². The molecule has 25 heavy (non-hydrogen) atoms. The molecule has 2 rings (SSSR count). The third-order valence-electron chi connectivity index (χ3n) is 3.69. The number of carbonyl (C=O) groups is 2. The normalized spacial score (nSPS) is 11.6. The molecule has 1 amide bonds. The van der Waals surface area contributed by atoms with Crippen LogP contribution in [0.3, 0.4) is 0 Å². The van der Waals surface area contributed by atoms with Crippen LogP contribution in [0.4, 0.5) is 10.1 Å². The lowest BCUT2D eigenvalue weighted by atomic mass is 10.1. The molecule has 0 radical (unpaired) electrons. The molecule has 0 spiro atoms. The van der Waals surface area contributed by atoms with Crippen LogP contribution in [0.25, 0.3) is 0 Å². The highest BCUT2D eigenvalue weighted by molar-refractivity contribution is 5.97. The monoisotopic (exact) mass is 345 g/mol. The van der Waals surface area contributed by atoms with E-state index in [9.17, 15) is 14.0 Å². The first kappa shape index (κ1) is 18.4. The molecule has 2 aromatic carbocycles. The average Bonchev–Trinajstić information content (AvgIpc) is 2.56. The molecule has 0 aromatic heterocycles. The molecule has 0 fully saturated rings. The number of hydrogen-bond acceptors (Lipinski definition) is 4. The van der Waals surface area contributed by atoms with E-state index in [1.807, 2.05) is 26.0 Å². The number of benzene rings is 2. The highest BCUT2D eigenvalue weighted by atomic mass is 19.1. The standard InChI is InChI=1S/C19H20FNO4/c1-11-5-8-17(12(2)9-11)21-18(22)13(3)25-19(23)15-7-6-14(24-4)10-16(15)20/h5-10,13H,1-4H3,(H,21,22)/t13-/m0/s1. The van der Waals surface area contributed by atoms with Crippen molar-refractivity contribution in [2.45, 2.75) is 26.9 Å². The lowest BCUT2D eigenvalue weighted by Gasteiger charge is -2.15. The summed E-state index contributed by atoms with van der Waals surface area (Å²) in [6.45, 7) is 5.25. The number of ether oxygens (including phenoxy) is 2. The Morgan fingerprint density at radius 1 is 1.12 bits per heavy atom. The Hall–Kier alpha value is -2.89. The Morgan fingerprint density at radius 2 is 1.84 bits per heavy atom. The van der Waals surface area contributed by atoms with Crippen LogP contribution in [-0.2, 0) is 9.53 Å². The van der Waals surface area contributed by atoms with Gasteiger partial charge in [-0.2, -0.15) is 0 Å². The van der Waals surface area contributed by atoms with Crippen LogP contribution in [0, 0.1) is 19.7 Å². The van der Waals surface area contributed by atoms with Gasteiger partial charge in [0.2, 0.25) is 0 Å². The molecular formula is C19H20FNO4. The smallest absolute Gasteiger partial charge is 0.341 e. The number of anilines is 1. The third kappa shape index (κ3) is 4.56. The summed E-state index contributed by atoms with van der Waals surface area (Å²) < 4.78 is 23.8. The van der Waals surface area contributed by atoms with Crippen LogP contribution in [0.1, 0.15) is 28.4 Å². The second kappa shape index (κ2) is 7.79. The maximum Gasteiger partial charge on any atom is 0.341 e. The van der Waals surface area contributed by atoms with Gasteiger partial charge in [-0.15, -0.1) is 0 Å². The van der Waals surface area contributed by atoms with Gasteiger partial charge in [-0.1, -0.05) is 17.7 Å². The van der Waals surface area contributed by atoms with E-state index < -0.39 is 23.8 Å². The molecule has 0 bridgehead atoms. The second-order valence-electron chi connectivity index (χ2n) is 5.70. The van der Waals surface area contributed by atoms with Crippen LogP contribution < -0.4 is 10.1 Å². The van der Waals surface area contributed by atoms with Crippen molar-refractivity contribution in [1.29, 1.82) is 0 Å². The first-order valence-electron chi connectivity index (χ1n) is 7.74. The van der Waals surface area contributed by atoms with Crippen molar-refractivity contribution < 1.29 is 23.5 Å². The minimum Gasteiger partial charge on any atom is -0.497 e. The van der Waals surface area contributed by atoms with Gasteiger partial charge in [0.05, 0.1) is 12.7 Å². The molecule has 1 atom stereocenters. The molecule has 1 N–H and O–H groups in total. The van der Waals surface area contributed by atoms with Crippen molar-refractivity contribution in [2.75, 3.05) is 12.4 Å². The molecule has 5 nitrogen and oxygen atoms in total. The predicted molar refractivity (Wildman–Crippen MR) is 92.4 cm³/mol. The number of hydrogen-bond donors (Lipinski definition) is 1. The summed E-state index contributed by atoms with van der Waals surface area (Å²) in [5.74, 6) is -1.89. The van der Waals surface area contributed by atoms with Crippen molar-refractivity contribution in [3.63, 3.8) is 0 Å². The quantitative estimate of drug-likeness (QED) is 0.841. The number of aryl methyl sites for hydroxylation is 2. The summed E-state index contributed by atoms with van der Waals surface area (Å²) in [7, 11) is 1.40. The maximum absolute atomic E-state index is 13.9. The first-order chi connectivity index (χ1) is 11.8. The van der Waals surface area contributed by atoms with Gasteiger partial charge in [0.15, 0.2) is 6.10 Å². The van der Waals surface area contributed by atoms with Gasteiger partial charge >= 0.3 is 5.97 Å². The predicted octanol–water partition coefficient (Wildman–Crippen LogP) is 3.64. The average molecular weight is 345 g/mol. The van der Waals surface area contributed by atoms with Crippen molar-refractivity contribution in [3.05, 3.63) is 58.9 Å². The molecule has 6 heteroatoms. The minimum atomic E-state index is -1.07. The van der Waals surface area contributed by atoms with E-state index in [1.165, 1.54) is 26.2 Å². The van der Waals surface area contributed by atoms with Gasteiger partial charge in [-0.05, 0) is 44.5 Å². The molecule has 0 aliphatic rings. The zero-order valence-electron chi connectivity index (χ0n) is 14.6. The molecule has 0 aliphatic heterocycles. The largest absolute Gasteiger partial charge is 0.497 e. The third-order valence-corrected chi connectivity index (χ3v) is 3.69. The fraction of sp³-hybridized carbons (Fsp3) is 0.263. The molecule has 0 saturated carbocycles. The van der Waals surface area contributed by atoms with E-state index >= 15 is 0 Å². The summed E-state index contributed by atoms with van der Waals surface area (Å²) in [4.78, 5) is 24.3. The van der Waals surface area contributed by atoms with Crippen molar-refractivity contribution in [2.24, 2.45) is 0 Å². The van der Waals surface area contributed by atoms with Crippen LogP contribution in [0.5, 0.6) is 5.75 Å². The van der Waals surface area contributed by atoms with Gasteiger partial charge in [-0.25, -0.2) is 9.18 Å². The summed E-state index contributed by atoms with van der Waals surface area (Å²) in [5, 5.41) is 2.70. The van der Waals surface area contributed by atoms with Gasteiger partial charge < -0.3 is 14.8 Å². The number of halogens is 1. The number of rotatable bonds is 5. The number of carbonyl (C=O) groups excluding carboxylic acids is 2. The number of amides is 1. The Kier molecular flexibility index (Phi) is 5.75. The molecule has 2 aromatic rings. The van der Waals surface area contributed by atoms with E-state index in [0.717, 1.165) is 17.2 Å². The molecule has 0 unspecified atom stereocenters. The van der Waals surface area contributed by atoms with E-state index in [4.69, 9.17) is 9.47 Å². The summed E-state index contributed by atoms with van der Waals surface area (Å²) >= 11 is 0. The number of nitrogens with one attached hydrogen (secondary N) is 1. The van der Waals surface area contributed by atoms with E-state index in [2.05, 4.69) is 5.32 Å². The Labute approximate surface area is 145 Å². The fourth-order valence-electron chi connectivity index (χ4n) is 2.25. The molecule has 132 valence electrons. The molecule has 0 heterocycles.